The molecule has 1 aromatic rings. The van der Waals surface area contributed by atoms with Gasteiger partial charge in [0.15, 0.2) is 0 Å². The first-order valence-electron chi connectivity index (χ1n) is 7.45. The molecular formula is C15H24N2O3S. The van der Waals surface area contributed by atoms with E-state index in [9.17, 15) is 9.90 Å². The van der Waals surface area contributed by atoms with E-state index in [0.29, 0.717) is 26.2 Å². The van der Waals surface area contributed by atoms with Gasteiger partial charge < -0.3 is 15.6 Å². The summed E-state index contributed by atoms with van der Waals surface area (Å²) in [6.07, 6.45) is 3.06. The van der Waals surface area contributed by atoms with Crippen LogP contribution in [0, 0.1) is 0 Å². The van der Waals surface area contributed by atoms with Gasteiger partial charge >= 0.3 is 0 Å². The molecule has 0 spiro atoms. The van der Waals surface area contributed by atoms with Crippen molar-refractivity contribution >= 4 is 17.2 Å². The van der Waals surface area contributed by atoms with Crippen LogP contribution in [-0.4, -0.2) is 47.8 Å². The summed E-state index contributed by atoms with van der Waals surface area (Å²) in [5, 5.41) is 12.1. The quantitative estimate of drug-likeness (QED) is 0.760. The molecule has 1 amide bonds. The Balaban J connectivity index is 1.71. The number of carbonyl (C=O) groups excluding carboxylic acids is 1. The number of nitrogens with zero attached hydrogens (tertiary/aromatic N) is 1. The lowest BCUT2D eigenvalue weighted by Gasteiger charge is -2.36. The van der Waals surface area contributed by atoms with Crippen LogP contribution in [0.3, 0.4) is 0 Å². The predicted octanol–water partition coefficient (Wildman–Crippen LogP) is 1.36. The van der Waals surface area contributed by atoms with E-state index >= 15 is 0 Å². The highest BCUT2D eigenvalue weighted by Crippen LogP contribution is 2.19. The van der Waals surface area contributed by atoms with E-state index < -0.39 is 6.10 Å². The maximum atomic E-state index is 11.1. The minimum Gasteiger partial charge on any atom is -0.389 e. The maximum absolute atomic E-state index is 11.1. The number of amides is 1. The number of hydrogen-bond acceptors (Lipinski definition) is 5. The number of rotatable bonds is 8. The average molecular weight is 312 g/mol. The number of primary amides is 1. The molecule has 1 saturated heterocycles. The van der Waals surface area contributed by atoms with Crippen molar-refractivity contribution in [2.45, 2.75) is 44.4 Å². The van der Waals surface area contributed by atoms with Crippen LogP contribution in [0.15, 0.2) is 17.5 Å². The summed E-state index contributed by atoms with van der Waals surface area (Å²) in [6.45, 7) is 2.32. The van der Waals surface area contributed by atoms with Crippen molar-refractivity contribution in [3.8, 4) is 0 Å². The molecule has 21 heavy (non-hydrogen) atoms. The lowest BCUT2D eigenvalue weighted by Crippen LogP contribution is -2.46. The van der Waals surface area contributed by atoms with E-state index in [4.69, 9.17) is 10.5 Å². The second-order valence-corrected chi connectivity index (χ2v) is 6.60. The first-order chi connectivity index (χ1) is 10.1. The van der Waals surface area contributed by atoms with Crippen molar-refractivity contribution in [2.24, 2.45) is 5.73 Å². The highest BCUT2D eigenvalue weighted by molar-refractivity contribution is 7.09. The van der Waals surface area contributed by atoms with Crippen molar-refractivity contribution in [3.63, 3.8) is 0 Å². The number of likely N-dealkylation sites (tertiary alicyclic amines) is 1. The Morgan fingerprint density at radius 3 is 3.14 bits per heavy atom. The van der Waals surface area contributed by atoms with Crippen LogP contribution >= 0.6 is 11.3 Å². The Hall–Kier alpha value is -0.950. The zero-order chi connectivity index (χ0) is 15.1. The van der Waals surface area contributed by atoms with Crippen LogP contribution in [0.5, 0.6) is 0 Å². The highest BCUT2D eigenvalue weighted by atomic mass is 32.1. The molecule has 0 bridgehead atoms. The molecule has 0 aromatic carbocycles. The topological polar surface area (TPSA) is 75.8 Å². The molecule has 0 saturated carbocycles. The third-order valence-corrected chi connectivity index (χ3v) is 4.62. The minimum atomic E-state index is -0.529. The molecule has 0 aliphatic carbocycles. The zero-order valence-corrected chi connectivity index (χ0v) is 13.1. The van der Waals surface area contributed by atoms with E-state index in [2.05, 4.69) is 4.90 Å². The number of β-amino-alcohol motifs (C(OH)–C–C–N with tert-alkyl or cyclic N) is 1. The minimum absolute atomic E-state index is 0.170. The molecule has 1 aliphatic rings. The van der Waals surface area contributed by atoms with Gasteiger partial charge in [-0.05, 0) is 30.8 Å². The van der Waals surface area contributed by atoms with Crippen molar-refractivity contribution in [1.82, 2.24) is 4.90 Å². The number of aliphatic hydroxyl groups excluding tert-OH is 1. The predicted molar refractivity (Wildman–Crippen MR) is 83.0 cm³/mol. The first-order valence-corrected chi connectivity index (χ1v) is 8.33. The number of piperidine rings is 1. The Kier molecular flexibility index (Phi) is 6.63. The van der Waals surface area contributed by atoms with Crippen LogP contribution in [0.25, 0.3) is 0 Å². The fourth-order valence-electron chi connectivity index (χ4n) is 2.78. The maximum Gasteiger partial charge on any atom is 0.218 e. The summed E-state index contributed by atoms with van der Waals surface area (Å²) in [4.78, 5) is 14.4. The van der Waals surface area contributed by atoms with Crippen molar-refractivity contribution in [3.05, 3.63) is 22.4 Å². The third-order valence-electron chi connectivity index (χ3n) is 3.77. The molecule has 0 radical (unpaired) electrons. The van der Waals surface area contributed by atoms with Gasteiger partial charge in [-0.25, -0.2) is 0 Å². The monoisotopic (exact) mass is 312 g/mol. The molecule has 2 atom stereocenters. The molecule has 3 N–H and O–H groups in total. The third kappa shape index (κ3) is 5.74. The Bertz CT molecular complexity index is 425. The summed E-state index contributed by atoms with van der Waals surface area (Å²) >= 11 is 1.65. The van der Waals surface area contributed by atoms with E-state index in [1.165, 1.54) is 0 Å². The number of nitrogens with two attached hydrogens (primary N) is 1. The van der Waals surface area contributed by atoms with E-state index in [0.717, 1.165) is 30.7 Å². The number of carbonyl (C=O) groups is 1. The number of aliphatic hydroxyl groups is 1. The smallest absolute Gasteiger partial charge is 0.218 e. The Labute approximate surface area is 129 Å². The van der Waals surface area contributed by atoms with Crippen molar-refractivity contribution in [1.29, 1.82) is 0 Å². The van der Waals surface area contributed by atoms with Gasteiger partial charge in [-0.2, -0.15) is 0 Å². The standard InChI is InChI=1S/C15H24N2O3S/c16-15(19)8-12-4-1-2-6-17(12)9-13(18)10-20-11-14-5-3-7-21-14/h3,5,7,12-13,18H,1-2,4,6,8-11H2,(H2,16,19). The molecule has 5 nitrogen and oxygen atoms in total. The molecule has 2 heterocycles. The Morgan fingerprint density at radius 2 is 2.43 bits per heavy atom. The van der Waals surface area contributed by atoms with E-state index in [-0.39, 0.29) is 11.9 Å². The van der Waals surface area contributed by atoms with Gasteiger partial charge in [0.05, 0.1) is 19.3 Å². The van der Waals surface area contributed by atoms with Gasteiger partial charge in [0, 0.05) is 23.9 Å². The Morgan fingerprint density at radius 1 is 1.57 bits per heavy atom. The lowest BCUT2D eigenvalue weighted by molar-refractivity contribution is -0.119. The van der Waals surface area contributed by atoms with Crippen molar-refractivity contribution in [2.75, 3.05) is 19.7 Å². The summed E-state index contributed by atoms with van der Waals surface area (Å²) in [5.41, 5.74) is 5.30. The molecule has 2 unspecified atom stereocenters. The first kappa shape index (κ1) is 16.4. The number of ether oxygens (including phenoxy) is 1. The number of thiophene rings is 1. The summed E-state index contributed by atoms with van der Waals surface area (Å²) < 4.78 is 5.54. The summed E-state index contributed by atoms with van der Waals surface area (Å²) in [7, 11) is 0. The highest BCUT2D eigenvalue weighted by Gasteiger charge is 2.25. The van der Waals surface area contributed by atoms with Crippen molar-refractivity contribution < 1.29 is 14.6 Å². The largest absolute Gasteiger partial charge is 0.389 e. The molecule has 6 heteroatoms. The van der Waals surface area contributed by atoms with Gasteiger partial charge in [0.25, 0.3) is 0 Å². The summed E-state index contributed by atoms with van der Waals surface area (Å²) in [6, 6.07) is 4.18. The van der Waals surface area contributed by atoms with Gasteiger partial charge in [-0.1, -0.05) is 12.5 Å². The fourth-order valence-corrected chi connectivity index (χ4v) is 3.42. The van der Waals surface area contributed by atoms with Gasteiger partial charge in [-0.15, -0.1) is 11.3 Å². The van der Waals surface area contributed by atoms with Crippen LogP contribution < -0.4 is 5.73 Å². The lowest BCUT2D eigenvalue weighted by atomic mass is 9.98. The van der Waals surface area contributed by atoms with Crippen LogP contribution in [0.1, 0.15) is 30.6 Å². The SMILES string of the molecule is NC(=O)CC1CCCCN1CC(O)COCc1cccs1. The molecule has 1 aromatic heterocycles. The molecule has 118 valence electrons. The van der Waals surface area contributed by atoms with Gasteiger partial charge in [-0.3, -0.25) is 9.69 Å². The number of hydrogen-bond donors (Lipinski definition) is 2. The molecule has 1 fully saturated rings. The molecular weight excluding hydrogens is 288 g/mol. The second-order valence-electron chi connectivity index (χ2n) is 5.56. The fraction of sp³-hybridized carbons (Fsp3) is 0.667. The van der Waals surface area contributed by atoms with Gasteiger partial charge in [0.2, 0.25) is 5.91 Å². The molecule has 1 aliphatic heterocycles. The van der Waals surface area contributed by atoms with E-state index in [1.807, 2.05) is 17.5 Å². The normalized spacial score (nSPS) is 21.3. The zero-order valence-electron chi connectivity index (χ0n) is 12.2. The second kappa shape index (κ2) is 8.48. The van der Waals surface area contributed by atoms with E-state index in [1.54, 1.807) is 11.3 Å². The van der Waals surface area contributed by atoms with Crippen LogP contribution in [0.2, 0.25) is 0 Å². The molecule has 2 rings (SSSR count). The van der Waals surface area contributed by atoms with Crippen LogP contribution in [0.4, 0.5) is 0 Å². The van der Waals surface area contributed by atoms with Crippen LogP contribution in [-0.2, 0) is 16.1 Å². The summed E-state index contributed by atoms with van der Waals surface area (Å²) in [5.74, 6) is -0.268. The van der Waals surface area contributed by atoms with Gasteiger partial charge in [0.1, 0.15) is 0 Å². The average Bonchev–Trinajstić information content (AvgIpc) is 2.93.